The fraction of sp³-hybridized carbons (Fsp3) is 0.381. The number of benzene rings is 2. The summed E-state index contributed by atoms with van der Waals surface area (Å²) in [5.41, 5.74) is 0.795. The Labute approximate surface area is 168 Å². The summed E-state index contributed by atoms with van der Waals surface area (Å²) < 4.78 is 16.3. The lowest BCUT2D eigenvalue weighted by atomic mass is 10.1. The van der Waals surface area contributed by atoms with Crippen LogP contribution in [0.15, 0.2) is 42.5 Å². The summed E-state index contributed by atoms with van der Waals surface area (Å²) in [5, 5.41) is 11.2. The highest BCUT2D eigenvalue weighted by molar-refractivity contribution is 5.78. The van der Waals surface area contributed by atoms with Crippen LogP contribution in [-0.2, 0) is 11.3 Å². The van der Waals surface area contributed by atoms with Gasteiger partial charge in [-0.05, 0) is 36.6 Å². The predicted molar refractivity (Wildman–Crippen MR) is 104 cm³/mol. The second-order valence-electron chi connectivity index (χ2n) is 7.16. The summed E-state index contributed by atoms with van der Waals surface area (Å²) in [5.74, 6) is 1.29. The molecule has 0 N–H and O–H groups in total. The van der Waals surface area contributed by atoms with Gasteiger partial charge in [0.05, 0.1) is 4.92 Å². The molecule has 0 spiro atoms. The molecule has 0 atom stereocenters. The first kappa shape index (κ1) is 19.0. The molecule has 1 amide bonds. The molecule has 1 aliphatic carbocycles. The van der Waals surface area contributed by atoms with Gasteiger partial charge in [0.25, 0.3) is 5.91 Å². The van der Waals surface area contributed by atoms with Crippen molar-refractivity contribution in [2.24, 2.45) is 0 Å². The second kappa shape index (κ2) is 8.38. The van der Waals surface area contributed by atoms with Gasteiger partial charge in [-0.2, -0.15) is 0 Å². The molecule has 1 heterocycles. The van der Waals surface area contributed by atoms with Crippen LogP contribution in [0.3, 0.4) is 0 Å². The van der Waals surface area contributed by atoms with Gasteiger partial charge < -0.3 is 19.1 Å². The van der Waals surface area contributed by atoms with Gasteiger partial charge in [-0.1, -0.05) is 31.0 Å². The van der Waals surface area contributed by atoms with Gasteiger partial charge in [0.2, 0.25) is 6.79 Å². The average molecular weight is 398 g/mol. The minimum absolute atomic E-state index is 0.0975. The molecule has 2 aromatic rings. The van der Waals surface area contributed by atoms with E-state index in [1.54, 1.807) is 12.1 Å². The SMILES string of the molecule is O=C(COc1ccccc1[N+](=O)[O-])N(Cc1ccc2c(c1)OCO2)C1CCCC1. The van der Waals surface area contributed by atoms with Crippen LogP contribution in [0.4, 0.5) is 5.69 Å². The number of hydrogen-bond donors (Lipinski definition) is 0. The molecule has 1 saturated carbocycles. The molecule has 8 nitrogen and oxygen atoms in total. The van der Waals surface area contributed by atoms with Gasteiger partial charge >= 0.3 is 5.69 Å². The maximum absolute atomic E-state index is 13.0. The number of hydrogen-bond acceptors (Lipinski definition) is 6. The summed E-state index contributed by atoms with van der Waals surface area (Å²) in [6.07, 6.45) is 4.06. The van der Waals surface area contributed by atoms with E-state index in [4.69, 9.17) is 14.2 Å². The third-order valence-electron chi connectivity index (χ3n) is 5.29. The number of fused-ring (bicyclic) bond motifs is 1. The monoisotopic (exact) mass is 398 g/mol. The lowest BCUT2D eigenvalue weighted by Gasteiger charge is -2.29. The number of para-hydroxylation sites is 2. The Morgan fingerprint density at radius 2 is 1.90 bits per heavy atom. The van der Waals surface area contributed by atoms with Gasteiger partial charge in [0.1, 0.15) is 0 Å². The second-order valence-corrected chi connectivity index (χ2v) is 7.16. The molecule has 2 aliphatic rings. The number of nitro benzene ring substituents is 1. The Kier molecular flexibility index (Phi) is 5.50. The third-order valence-corrected chi connectivity index (χ3v) is 5.29. The molecule has 152 valence electrons. The molecule has 0 unspecified atom stereocenters. The molecule has 29 heavy (non-hydrogen) atoms. The molecule has 1 aliphatic heterocycles. The van der Waals surface area contributed by atoms with E-state index in [2.05, 4.69) is 0 Å². The topological polar surface area (TPSA) is 91.1 Å². The van der Waals surface area contributed by atoms with Crippen molar-refractivity contribution in [3.05, 3.63) is 58.1 Å². The number of ether oxygens (including phenoxy) is 3. The van der Waals surface area contributed by atoms with Crippen molar-refractivity contribution >= 4 is 11.6 Å². The van der Waals surface area contributed by atoms with Gasteiger partial charge in [0, 0.05) is 18.7 Å². The molecule has 4 rings (SSSR count). The first-order chi connectivity index (χ1) is 14.1. The zero-order valence-corrected chi connectivity index (χ0v) is 15.9. The number of nitrogens with zero attached hydrogens (tertiary/aromatic N) is 2. The van der Waals surface area contributed by atoms with Gasteiger partial charge in [0.15, 0.2) is 23.9 Å². The molecule has 1 fully saturated rings. The van der Waals surface area contributed by atoms with Crippen LogP contribution in [0.25, 0.3) is 0 Å². The smallest absolute Gasteiger partial charge is 0.310 e. The number of amides is 1. The lowest BCUT2D eigenvalue weighted by Crippen LogP contribution is -2.41. The minimum Gasteiger partial charge on any atom is -0.477 e. The van der Waals surface area contributed by atoms with Gasteiger partial charge in [-0.15, -0.1) is 0 Å². The van der Waals surface area contributed by atoms with E-state index in [1.165, 1.54) is 12.1 Å². The maximum Gasteiger partial charge on any atom is 0.310 e. The number of carbonyl (C=O) groups is 1. The van der Waals surface area contributed by atoms with E-state index in [0.717, 1.165) is 31.2 Å². The molecule has 2 aromatic carbocycles. The van der Waals surface area contributed by atoms with E-state index in [-0.39, 0.29) is 36.8 Å². The average Bonchev–Trinajstić information content (AvgIpc) is 3.41. The Bertz CT molecular complexity index is 910. The third kappa shape index (κ3) is 4.26. The van der Waals surface area contributed by atoms with Crippen molar-refractivity contribution in [3.8, 4) is 17.2 Å². The lowest BCUT2D eigenvalue weighted by molar-refractivity contribution is -0.385. The Hall–Kier alpha value is -3.29. The molecule has 0 aromatic heterocycles. The van der Waals surface area contributed by atoms with Gasteiger partial charge in [-0.25, -0.2) is 0 Å². The molecular formula is C21H22N2O6. The normalized spacial score (nSPS) is 15.3. The van der Waals surface area contributed by atoms with Crippen LogP contribution < -0.4 is 14.2 Å². The molecular weight excluding hydrogens is 376 g/mol. The van der Waals surface area contributed by atoms with Crippen molar-refractivity contribution in [1.29, 1.82) is 0 Å². The predicted octanol–water partition coefficient (Wildman–Crippen LogP) is 3.67. The zero-order valence-electron chi connectivity index (χ0n) is 15.9. The summed E-state index contributed by atoms with van der Waals surface area (Å²) in [6, 6.07) is 11.9. The van der Waals surface area contributed by atoms with E-state index in [0.29, 0.717) is 18.0 Å². The van der Waals surface area contributed by atoms with Crippen molar-refractivity contribution in [1.82, 2.24) is 4.90 Å². The van der Waals surface area contributed by atoms with Crippen molar-refractivity contribution in [2.45, 2.75) is 38.3 Å². The van der Waals surface area contributed by atoms with E-state index < -0.39 is 4.92 Å². The van der Waals surface area contributed by atoms with Crippen LogP contribution in [0.2, 0.25) is 0 Å². The fourth-order valence-corrected chi connectivity index (χ4v) is 3.83. The van der Waals surface area contributed by atoms with Crippen LogP contribution in [-0.4, -0.2) is 35.2 Å². The fourth-order valence-electron chi connectivity index (χ4n) is 3.83. The first-order valence-electron chi connectivity index (χ1n) is 9.66. The van der Waals surface area contributed by atoms with Crippen molar-refractivity contribution < 1.29 is 23.9 Å². The molecule has 0 radical (unpaired) electrons. The largest absolute Gasteiger partial charge is 0.477 e. The summed E-state index contributed by atoms with van der Waals surface area (Å²) in [6.45, 7) is 0.389. The number of carbonyl (C=O) groups excluding carboxylic acids is 1. The van der Waals surface area contributed by atoms with Crippen LogP contribution in [0, 0.1) is 10.1 Å². The summed E-state index contributed by atoms with van der Waals surface area (Å²) in [7, 11) is 0. The Morgan fingerprint density at radius 3 is 2.69 bits per heavy atom. The van der Waals surface area contributed by atoms with E-state index in [1.807, 2.05) is 23.1 Å². The Balaban J connectivity index is 1.48. The standard InChI is InChI=1S/C21H22N2O6/c24-21(13-27-18-8-4-3-7-17(18)23(25)26)22(16-5-1-2-6-16)12-15-9-10-19-20(11-15)29-14-28-19/h3-4,7-11,16H,1-2,5-6,12-14H2. The van der Waals surface area contributed by atoms with Crippen molar-refractivity contribution in [3.63, 3.8) is 0 Å². The minimum atomic E-state index is -0.513. The first-order valence-corrected chi connectivity index (χ1v) is 9.66. The molecule has 8 heteroatoms. The van der Waals surface area contributed by atoms with E-state index >= 15 is 0 Å². The quantitative estimate of drug-likeness (QED) is 0.522. The van der Waals surface area contributed by atoms with Crippen LogP contribution in [0.1, 0.15) is 31.2 Å². The number of nitro groups is 1. The highest BCUT2D eigenvalue weighted by Gasteiger charge is 2.28. The maximum atomic E-state index is 13.0. The highest BCUT2D eigenvalue weighted by atomic mass is 16.7. The van der Waals surface area contributed by atoms with Crippen LogP contribution >= 0.6 is 0 Å². The zero-order chi connectivity index (χ0) is 20.2. The van der Waals surface area contributed by atoms with E-state index in [9.17, 15) is 14.9 Å². The molecule has 0 saturated heterocycles. The van der Waals surface area contributed by atoms with Gasteiger partial charge in [-0.3, -0.25) is 14.9 Å². The van der Waals surface area contributed by atoms with Crippen LogP contribution in [0.5, 0.6) is 17.2 Å². The molecule has 0 bridgehead atoms. The highest BCUT2D eigenvalue weighted by Crippen LogP contribution is 2.34. The number of rotatable bonds is 7. The summed E-state index contributed by atoms with van der Waals surface area (Å²) in [4.78, 5) is 25.5. The van der Waals surface area contributed by atoms with Crippen molar-refractivity contribution in [2.75, 3.05) is 13.4 Å². The Morgan fingerprint density at radius 1 is 1.14 bits per heavy atom. The summed E-state index contributed by atoms with van der Waals surface area (Å²) >= 11 is 0.